The summed E-state index contributed by atoms with van der Waals surface area (Å²) in [5, 5.41) is 13.0. The van der Waals surface area contributed by atoms with Crippen molar-refractivity contribution in [3.63, 3.8) is 0 Å². The second-order valence-corrected chi connectivity index (χ2v) is 3.81. The molecule has 3 heterocycles. The minimum Gasteiger partial charge on any atom is -0.478 e. The lowest BCUT2D eigenvalue weighted by atomic mass is 10.2. The Bertz CT molecular complexity index is 813. The van der Waals surface area contributed by atoms with Gasteiger partial charge in [-0.2, -0.15) is 0 Å². The molecule has 1 N–H and O–H groups in total. The summed E-state index contributed by atoms with van der Waals surface area (Å²) in [6, 6.07) is 1.33. The number of carbonyl (C=O) groups is 1. The van der Waals surface area contributed by atoms with E-state index in [-0.39, 0.29) is 23.6 Å². The van der Waals surface area contributed by atoms with Crippen LogP contribution in [-0.2, 0) is 6.54 Å². The first-order valence-corrected chi connectivity index (χ1v) is 5.35. The van der Waals surface area contributed by atoms with E-state index in [4.69, 9.17) is 9.52 Å². The van der Waals surface area contributed by atoms with E-state index in [0.29, 0.717) is 5.65 Å². The maximum absolute atomic E-state index is 12.0. The summed E-state index contributed by atoms with van der Waals surface area (Å²) in [6.45, 7) is -0.0465. The molecule has 0 radical (unpaired) electrons. The predicted molar refractivity (Wildman–Crippen MR) is 62.0 cm³/mol. The van der Waals surface area contributed by atoms with Crippen LogP contribution >= 0.6 is 0 Å². The Morgan fingerprint density at radius 3 is 3.05 bits per heavy atom. The van der Waals surface area contributed by atoms with Gasteiger partial charge < -0.3 is 9.52 Å². The Labute approximate surface area is 105 Å². The van der Waals surface area contributed by atoms with Crippen LogP contribution in [0.4, 0.5) is 0 Å². The molecule has 0 saturated heterocycles. The molecule has 0 aliphatic rings. The highest BCUT2D eigenvalue weighted by molar-refractivity contribution is 5.88. The van der Waals surface area contributed by atoms with Crippen molar-refractivity contribution in [2.24, 2.45) is 0 Å². The highest BCUT2D eigenvalue weighted by Crippen LogP contribution is 2.11. The first kappa shape index (κ1) is 11.2. The maximum atomic E-state index is 12.0. The van der Waals surface area contributed by atoms with Crippen LogP contribution in [0.15, 0.2) is 40.1 Å². The standard InChI is InChI=1S/C11H8N4O4/c16-10(17)7-1-4-19-8(7)6-15-11(18)14-3-2-12-5-9(14)13-15/h1-5H,6H2,(H,16,17). The third-order valence-electron chi connectivity index (χ3n) is 2.66. The molecule has 0 aromatic carbocycles. The van der Waals surface area contributed by atoms with Gasteiger partial charge in [-0.05, 0) is 6.07 Å². The second-order valence-electron chi connectivity index (χ2n) is 3.81. The Morgan fingerprint density at radius 1 is 1.47 bits per heavy atom. The molecule has 0 atom stereocenters. The number of carboxylic acids is 1. The summed E-state index contributed by atoms with van der Waals surface area (Å²) >= 11 is 0. The molecule has 0 aliphatic heterocycles. The van der Waals surface area contributed by atoms with Gasteiger partial charge >= 0.3 is 11.7 Å². The number of aromatic carboxylic acids is 1. The van der Waals surface area contributed by atoms with E-state index in [1.165, 1.54) is 35.3 Å². The van der Waals surface area contributed by atoms with E-state index in [1.54, 1.807) is 0 Å². The molecule has 0 aliphatic carbocycles. The Hall–Kier alpha value is -2.90. The van der Waals surface area contributed by atoms with E-state index in [2.05, 4.69) is 10.1 Å². The number of carboxylic acid groups (broad SMARTS) is 1. The normalized spacial score (nSPS) is 10.9. The van der Waals surface area contributed by atoms with E-state index >= 15 is 0 Å². The summed E-state index contributed by atoms with van der Waals surface area (Å²) in [5.41, 5.74) is 0.0168. The number of nitrogens with zero attached hydrogens (tertiary/aromatic N) is 4. The van der Waals surface area contributed by atoms with Gasteiger partial charge in [-0.25, -0.2) is 18.7 Å². The van der Waals surface area contributed by atoms with Gasteiger partial charge in [-0.1, -0.05) is 0 Å². The second kappa shape index (κ2) is 4.09. The molecule has 0 fully saturated rings. The highest BCUT2D eigenvalue weighted by Gasteiger charge is 2.16. The highest BCUT2D eigenvalue weighted by atomic mass is 16.4. The fraction of sp³-hybridized carbons (Fsp3) is 0.0909. The van der Waals surface area contributed by atoms with Crippen molar-refractivity contribution in [2.75, 3.05) is 0 Å². The van der Waals surface area contributed by atoms with Gasteiger partial charge in [0.25, 0.3) is 0 Å². The largest absolute Gasteiger partial charge is 0.478 e. The van der Waals surface area contributed by atoms with E-state index in [0.717, 1.165) is 4.68 Å². The Morgan fingerprint density at radius 2 is 2.32 bits per heavy atom. The predicted octanol–water partition coefficient (Wildman–Crippen LogP) is 0.230. The topological polar surface area (TPSA) is 103 Å². The molecule has 8 heteroatoms. The summed E-state index contributed by atoms with van der Waals surface area (Å²) in [7, 11) is 0. The fourth-order valence-corrected chi connectivity index (χ4v) is 1.77. The van der Waals surface area contributed by atoms with Crippen LogP contribution in [0.1, 0.15) is 16.1 Å². The molecule has 3 aromatic heterocycles. The van der Waals surface area contributed by atoms with Gasteiger partial charge in [-0.15, -0.1) is 5.10 Å². The van der Waals surface area contributed by atoms with Crippen LogP contribution in [0.25, 0.3) is 5.65 Å². The van der Waals surface area contributed by atoms with Crippen molar-refractivity contribution in [3.05, 3.63) is 52.7 Å². The number of furan rings is 1. The minimum atomic E-state index is -1.11. The smallest absolute Gasteiger partial charge is 0.350 e. The monoisotopic (exact) mass is 260 g/mol. The van der Waals surface area contributed by atoms with Crippen molar-refractivity contribution in [1.82, 2.24) is 19.2 Å². The molecule has 0 amide bonds. The van der Waals surface area contributed by atoms with Crippen molar-refractivity contribution < 1.29 is 14.3 Å². The van der Waals surface area contributed by atoms with Gasteiger partial charge in [0.05, 0.1) is 12.5 Å². The summed E-state index contributed by atoms with van der Waals surface area (Å²) in [6.07, 6.45) is 5.66. The molecule has 3 aromatic rings. The average Bonchev–Trinajstić information content (AvgIpc) is 2.97. The number of aromatic nitrogens is 4. The quantitative estimate of drug-likeness (QED) is 0.723. The number of rotatable bonds is 3. The van der Waals surface area contributed by atoms with Crippen LogP contribution in [0.3, 0.4) is 0 Å². The molecule has 0 unspecified atom stereocenters. The summed E-state index contributed by atoms with van der Waals surface area (Å²) in [5.74, 6) is -0.937. The SMILES string of the molecule is O=C(O)c1ccoc1Cn1nc2cnccn2c1=O. The molecule has 0 saturated carbocycles. The van der Waals surface area contributed by atoms with Crippen LogP contribution in [0, 0.1) is 0 Å². The van der Waals surface area contributed by atoms with Crippen molar-refractivity contribution in [1.29, 1.82) is 0 Å². The van der Waals surface area contributed by atoms with Gasteiger partial charge in [0.1, 0.15) is 17.9 Å². The van der Waals surface area contributed by atoms with E-state index in [1.807, 2.05) is 0 Å². The van der Waals surface area contributed by atoms with Gasteiger partial charge in [0, 0.05) is 12.4 Å². The first-order chi connectivity index (χ1) is 9.16. The van der Waals surface area contributed by atoms with E-state index in [9.17, 15) is 9.59 Å². The molecule has 19 heavy (non-hydrogen) atoms. The zero-order valence-electron chi connectivity index (χ0n) is 9.55. The zero-order valence-corrected chi connectivity index (χ0v) is 9.55. The molecular formula is C11H8N4O4. The third-order valence-corrected chi connectivity index (χ3v) is 2.66. The van der Waals surface area contributed by atoms with Crippen LogP contribution in [0.2, 0.25) is 0 Å². The van der Waals surface area contributed by atoms with Crippen molar-refractivity contribution in [3.8, 4) is 0 Å². The molecule has 0 spiro atoms. The lowest BCUT2D eigenvalue weighted by Crippen LogP contribution is -2.22. The van der Waals surface area contributed by atoms with Gasteiger partial charge in [0.15, 0.2) is 5.65 Å². The average molecular weight is 260 g/mol. The van der Waals surface area contributed by atoms with Crippen molar-refractivity contribution in [2.45, 2.75) is 6.54 Å². The van der Waals surface area contributed by atoms with Crippen molar-refractivity contribution >= 4 is 11.6 Å². The van der Waals surface area contributed by atoms with Gasteiger partial charge in [-0.3, -0.25) is 4.98 Å². The lowest BCUT2D eigenvalue weighted by molar-refractivity contribution is 0.0694. The number of hydrogen-bond donors (Lipinski definition) is 1. The zero-order chi connectivity index (χ0) is 13.4. The van der Waals surface area contributed by atoms with Crippen LogP contribution in [-0.4, -0.2) is 30.2 Å². The summed E-state index contributed by atoms with van der Waals surface area (Å²) in [4.78, 5) is 26.8. The third kappa shape index (κ3) is 1.79. The number of hydrogen-bond acceptors (Lipinski definition) is 5. The molecular weight excluding hydrogens is 252 g/mol. The molecule has 8 nitrogen and oxygen atoms in total. The molecule has 0 bridgehead atoms. The fourth-order valence-electron chi connectivity index (χ4n) is 1.77. The van der Waals surface area contributed by atoms with Crippen LogP contribution < -0.4 is 5.69 Å². The maximum Gasteiger partial charge on any atom is 0.350 e. The molecule has 96 valence electrons. The lowest BCUT2D eigenvalue weighted by Gasteiger charge is -1.97. The minimum absolute atomic E-state index is 0.0158. The summed E-state index contributed by atoms with van der Waals surface area (Å²) < 4.78 is 7.52. The van der Waals surface area contributed by atoms with Gasteiger partial charge in [0.2, 0.25) is 0 Å². The van der Waals surface area contributed by atoms with Crippen LogP contribution in [0.5, 0.6) is 0 Å². The Balaban J connectivity index is 2.06. The first-order valence-electron chi connectivity index (χ1n) is 5.35. The number of fused-ring (bicyclic) bond motifs is 1. The Kier molecular flexibility index (Phi) is 2.41. The molecule has 3 rings (SSSR count). The van der Waals surface area contributed by atoms with E-state index < -0.39 is 5.97 Å².